The number of ether oxygens (including phenoxy) is 1. The molecular formula is C21H32N6O. The normalized spacial score (nSPS) is 15.0. The number of hydrogen-bond acceptors (Lipinski definition) is 7. The lowest BCUT2D eigenvalue weighted by Gasteiger charge is -2.26. The zero-order chi connectivity index (χ0) is 19.6. The molecule has 0 aliphatic carbocycles. The number of benzene rings is 1. The highest BCUT2D eigenvalue weighted by Gasteiger charge is 2.10. The van der Waals surface area contributed by atoms with E-state index in [1.807, 2.05) is 24.3 Å². The minimum absolute atomic E-state index is 0.675. The second-order valence-electron chi connectivity index (χ2n) is 7.29. The molecule has 2 heterocycles. The molecule has 152 valence electrons. The van der Waals surface area contributed by atoms with Gasteiger partial charge in [0, 0.05) is 44.4 Å². The lowest BCUT2D eigenvalue weighted by molar-refractivity contribution is 0.0398. The molecule has 2 N–H and O–H groups in total. The second-order valence-corrected chi connectivity index (χ2v) is 7.29. The third kappa shape index (κ3) is 6.74. The van der Waals surface area contributed by atoms with E-state index in [4.69, 9.17) is 9.72 Å². The number of nitrogens with zero attached hydrogens (tertiary/aromatic N) is 4. The Bertz CT molecular complexity index is 703. The van der Waals surface area contributed by atoms with Crippen molar-refractivity contribution in [1.29, 1.82) is 0 Å². The van der Waals surface area contributed by atoms with Crippen LogP contribution in [0.3, 0.4) is 0 Å². The van der Waals surface area contributed by atoms with Crippen LogP contribution in [-0.4, -0.2) is 86.3 Å². The van der Waals surface area contributed by atoms with Gasteiger partial charge in [0.05, 0.1) is 18.9 Å². The molecule has 1 aliphatic rings. The largest absolute Gasteiger partial charge is 0.379 e. The Morgan fingerprint density at radius 2 is 1.82 bits per heavy atom. The molecule has 0 unspecified atom stereocenters. The van der Waals surface area contributed by atoms with Crippen molar-refractivity contribution < 1.29 is 4.74 Å². The van der Waals surface area contributed by atoms with Gasteiger partial charge in [-0.05, 0) is 27.1 Å². The molecule has 28 heavy (non-hydrogen) atoms. The molecule has 2 aromatic rings. The van der Waals surface area contributed by atoms with E-state index in [-0.39, 0.29) is 0 Å². The summed E-state index contributed by atoms with van der Waals surface area (Å²) in [5.41, 5.74) is 2.03. The van der Waals surface area contributed by atoms with Crippen LogP contribution < -0.4 is 10.6 Å². The third-order valence-electron chi connectivity index (χ3n) is 4.70. The Labute approximate surface area is 168 Å². The lowest BCUT2D eigenvalue weighted by Crippen LogP contribution is -2.39. The molecule has 1 aromatic heterocycles. The van der Waals surface area contributed by atoms with Crippen molar-refractivity contribution in [3.63, 3.8) is 0 Å². The Hall–Kier alpha value is -2.22. The van der Waals surface area contributed by atoms with Crippen LogP contribution in [0.1, 0.15) is 6.42 Å². The number of morpholine rings is 1. The maximum absolute atomic E-state index is 5.41. The van der Waals surface area contributed by atoms with Gasteiger partial charge >= 0.3 is 0 Å². The van der Waals surface area contributed by atoms with Crippen molar-refractivity contribution in [2.75, 3.05) is 77.2 Å². The Morgan fingerprint density at radius 3 is 2.57 bits per heavy atom. The Balaban J connectivity index is 1.64. The minimum atomic E-state index is 0.675. The van der Waals surface area contributed by atoms with E-state index < -0.39 is 0 Å². The van der Waals surface area contributed by atoms with Crippen LogP contribution in [0.5, 0.6) is 0 Å². The first-order valence-electron chi connectivity index (χ1n) is 10.1. The van der Waals surface area contributed by atoms with E-state index >= 15 is 0 Å². The zero-order valence-corrected chi connectivity index (χ0v) is 17.0. The van der Waals surface area contributed by atoms with Crippen molar-refractivity contribution in [2.45, 2.75) is 6.42 Å². The molecule has 0 atom stereocenters. The number of nitrogens with one attached hydrogen (secondary N) is 2. The summed E-state index contributed by atoms with van der Waals surface area (Å²) in [6.07, 6.45) is 1.05. The number of hydrogen-bond donors (Lipinski definition) is 2. The molecule has 1 aliphatic heterocycles. The highest BCUT2D eigenvalue weighted by molar-refractivity contribution is 5.64. The van der Waals surface area contributed by atoms with Crippen LogP contribution in [0.2, 0.25) is 0 Å². The topological polar surface area (TPSA) is 65.5 Å². The van der Waals surface area contributed by atoms with Crippen molar-refractivity contribution in [3.8, 4) is 11.3 Å². The predicted octanol–water partition coefficient (Wildman–Crippen LogP) is 2.25. The van der Waals surface area contributed by atoms with E-state index in [1.165, 1.54) is 0 Å². The molecule has 0 amide bonds. The fourth-order valence-corrected chi connectivity index (χ4v) is 3.14. The molecule has 1 fully saturated rings. The standard InChI is InChI=1S/C21H32N6O/c1-26(2)11-6-9-23-21-24-19(18-7-4-3-5-8-18)17-20(25-21)22-10-12-27-13-15-28-16-14-27/h3-5,7-8,17H,6,9-16H2,1-2H3,(H2,22,23,24,25). The quantitative estimate of drug-likeness (QED) is 0.609. The van der Waals surface area contributed by atoms with Gasteiger partial charge < -0.3 is 20.3 Å². The molecular weight excluding hydrogens is 352 g/mol. The van der Waals surface area contributed by atoms with Crippen LogP contribution >= 0.6 is 0 Å². The average Bonchev–Trinajstić information content (AvgIpc) is 2.72. The van der Waals surface area contributed by atoms with Gasteiger partial charge in [0.2, 0.25) is 5.95 Å². The van der Waals surface area contributed by atoms with Crippen molar-refractivity contribution in [2.24, 2.45) is 0 Å². The number of anilines is 2. The monoisotopic (exact) mass is 384 g/mol. The molecule has 0 radical (unpaired) electrons. The summed E-state index contributed by atoms with van der Waals surface area (Å²) >= 11 is 0. The summed E-state index contributed by atoms with van der Waals surface area (Å²) in [7, 11) is 4.17. The fourth-order valence-electron chi connectivity index (χ4n) is 3.14. The first-order chi connectivity index (χ1) is 13.7. The lowest BCUT2D eigenvalue weighted by atomic mass is 10.1. The summed E-state index contributed by atoms with van der Waals surface area (Å²) in [6, 6.07) is 12.3. The van der Waals surface area contributed by atoms with Gasteiger partial charge in [0.25, 0.3) is 0 Å². The highest BCUT2D eigenvalue weighted by Crippen LogP contribution is 2.21. The van der Waals surface area contributed by atoms with E-state index in [2.05, 4.69) is 51.6 Å². The minimum Gasteiger partial charge on any atom is -0.379 e. The smallest absolute Gasteiger partial charge is 0.225 e. The summed E-state index contributed by atoms with van der Waals surface area (Å²) in [6.45, 7) is 7.38. The van der Waals surface area contributed by atoms with Gasteiger partial charge in [-0.15, -0.1) is 0 Å². The van der Waals surface area contributed by atoms with Gasteiger partial charge in [-0.25, -0.2) is 4.98 Å². The molecule has 7 heteroatoms. The van der Waals surface area contributed by atoms with E-state index in [9.17, 15) is 0 Å². The highest BCUT2D eigenvalue weighted by atomic mass is 16.5. The molecule has 1 saturated heterocycles. The van der Waals surface area contributed by atoms with Crippen LogP contribution in [0, 0.1) is 0 Å². The van der Waals surface area contributed by atoms with Gasteiger partial charge in [0.1, 0.15) is 5.82 Å². The van der Waals surface area contributed by atoms with E-state index in [0.29, 0.717) is 5.95 Å². The summed E-state index contributed by atoms with van der Waals surface area (Å²) < 4.78 is 5.41. The first-order valence-corrected chi connectivity index (χ1v) is 10.1. The summed E-state index contributed by atoms with van der Waals surface area (Å²) in [5, 5.41) is 6.84. The zero-order valence-electron chi connectivity index (χ0n) is 17.0. The maximum atomic E-state index is 5.41. The summed E-state index contributed by atoms with van der Waals surface area (Å²) in [4.78, 5) is 14.0. The van der Waals surface area contributed by atoms with Crippen LogP contribution in [0.4, 0.5) is 11.8 Å². The second kappa shape index (κ2) is 10.9. The Kier molecular flexibility index (Phi) is 8.02. The molecule has 1 aromatic carbocycles. The van der Waals surface area contributed by atoms with Crippen LogP contribution in [0.15, 0.2) is 36.4 Å². The SMILES string of the molecule is CN(C)CCCNc1nc(NCCN2CCOCC2)cc(-c2ccccc2)n1. The van der Waals surface area contributed by atoms with Gasteiger partial charge in [-0.3, -0.25) is 4.90 Å². The van der Waals surface area contributed by atoms with E-state index in [1.54, 1.807) is 0 Å². The third-order valence-corrected chi connectivity index (χ3v) is 4.70. The molecule has 0 bridgehead atoms. The predicted molar refractivity (Wildman–Crippen MR) is 115 cm³/mol. The van der Waals surface area contributed by atoms with Crippen LogP contribution in [-0.2, 0) is 4.74 Å². The van der Waals surface area contributed by atoms with Gasteiger partial charge in [-0.2, -0.15) is 4.98 Å². The first kappa shape index (κ1) is 20.5. The van der Waals surface area contributed by atoms with E-state index in [0.717, 1.165) is 76.0 Å². The fraction of sp³-hybridized carbons (Fsp3) is 0.524. The van der Waals surface area contributed by atoms with Gasteiger partial charge in [0.15, 0.2) is 0 Å². The molecule has 7 nitrogen and oxygen atoms in total. The average molecular weight is 385 g/mol. The summed E-state index contributed by atoms with van der Waals surface area (Å²) in [5.74, 6) is 1.53. The van der Waals surface area contributed by atoms with Crippen molar-refractivity contribution in [3.05, 3.63) is 36.4 Å². The van der Waals surface area contributed by atoms with Gasteiger partial charge in [-0.1, -0.05) is 30.3 Å². The number of rotatable bonds is 10. The molecule has 3 rings (SSSR count). The molecule has 0 saturated carbocycles. The van der Waals surface area contributed by atoms with Crippen molar-refractivity contribution in [1.82, 2.24) is 19.8 Å². The number of aromatic nitrogens is 2. The van der Waals surface area contributed by atoms with Crippen molar-refractivity contribution >= 4 is 11.8 Å². The Morgan fingerprint density at radius 1 is 1.04 bits per heavy atom. The molecule has 0 spiro atoms. The van der Waals surface area contributed by atoms with Crippen LogP contribution in [0.25, 0.3) is 11.3 Å². The maximum Gasteiger partial charge on any atom is 0.225 e.